The predicted octanol–water partition coefficient (Wildman–Crippen LogP) is -0.476. The van der Waals surface area contributed by atoms with Gasteiger partial charge in [-0.2, -0.15) is 0 Å². The molecule has 1 aromatic heterocycles. The van der Waals surface area contributed by atoms with Crippen LogP contribution >= 0.6 is 0 Å². The topological polar surface area (TPSA) is 71.8 Å². The third-order valence-corrected chi connectivity index (χ3v) is 2.82. The summed E-state index contributed by atoms with van der Waals surface area (Å²) in [5.41, 5.74) is 0. The van der Waals surface area contributed by atoms with Gasteiger partial charge in [-0.3, -0.25) is 4.79 Å². The Hall–Kier alpha value is -1.43. The summed E-state index contributed by atoms with van der Waals surface area (Å²) in [6, 6.07) is 0. The lowest BCUT2D eigenvalue weighted by Crippen LogP contribution is -2.44. The molecule has 1 aliphatic rings. The van der Waals surface area contributed by atoms with Gasteiger partial charge in [0.05, 0.1) is 6.54 Å². The maximum atomic E-state index is 11.5. The molecule has 88 valence electrons. The number of rotatable bonds is 5. The van der Waals surface area contributed by atoms with E-state index < -0.39 is 0 Å². The molecule has 0 aromatic carbocycles. The fraction of sp³-hybridized carbons (Fsp3) is 0.700. The van der Waals surface area contributed by atoms with Crippen molar-refractivity contribution in [2.75, 3.05) is 13.1 Å². The predicted molar refractivity (Wildman–Crippen MR) is 58.5 cm³/mol. The third-order valence-electron chi connectivity index (χ3n) is 2.82. The van der Waals surface area contributed by atoms with Crippen molar-refractivity contribution in [3.63, 3.8) is 0 Å². The van der Waals surface area contributed by atoms with E-state index in [-0.39, 0.29) is 5.91 Å². The maximum Gasteiger partial charge on any atom is 0.220 e. The summed E-state index contributed by atoms with van der Waals surface area (Å²) in [5.74, 6) is 1.41. The van der Waals surface area contributed by atoms with Crippen LogP contribution in [0.4, 0.5) is 0 Å². The zero-order valence-electron chi connectivity index (χ0n) is 9.44. The molecule has 1 aliphatic heterocycles. The van der Waals surface area contributed by atoms with Crippen LogP contribution < -0.4 is 10.6 Å². The Bertz CT molecular complexity index is 358. The van der Waals surface area contributed by atoms with Crippen molar-refractivity contribution in [3.05, 3.63) is 12.2 Å². The number of carbonyl (C=O) groups is 1. The van der Waals surface area contributed by atoms with Gasteiger partial charge in [0.2, 0.25) is 5.91 Å². The van der Waals surface area contributed by atoms with Gasteiger partial charge < -0.3 is 15.2 Å². The number of aromatic nitrogens is 3. The minimum absolute atomic E-state index is 0.0946. The molecule has 2 heterocycles. The van der Waals surface area contributed by atoms with Crippen molar-refractivity contribution in [2.24, 2.45) is 5.92 Å². The first-order valence-electron chi connectivity index (χ1n) is 5.63. The Balaban J connectivity index is 1.75. The second-order valence-corrected chi connectivity index (χ2v) is 4.04. The molecule has 6 heteroatoms. The van der Waals surface area contributed by atoms with Crippen molar-refractivity contribution >= 4 is 5.91 Å². The molecule has 2 N–H and O–H groups in total. The monoisotopic (exact) mass is 223 g/mol. The number of hydrogen-bond acceptors (Lipinski definition) is 4. The first kappa shape index (κ1) is 11.1. The molecule has 0 unspecified atom stereocenters. The molecule has 6 nitrogen and oxygen atoms in total. The van der Waals surface area contributed by atoms with Gasteiger partial charge in [0, 0.05) is 13.0 Å². The van der Waals surface area contributed by atoms with E-state index in [2.05, 4.69) is 20.8 Å². The van der Waals surface area contributed by atoms with Gasteiger partial charge in [0.1, 0.15) is 6.33 Å². The van der Waals surface area contributed by atoms with E-state index in [4.69, 9.17) is 0 Å². The smallest absolute Gasteiger partial charge is 0.220 e. The van der Waals surface area contributed by atoms with Gasteiger partial charge in [0.15, 0.2) is 5.82 Å². The molecule has 0 saturated carbocycles. The highest BCUT2D eigenvalue weighted by atomic mass is 16.1. The van der Waals surface area contributed by atoms with Crippen molar-refractivity contribution in [2.45, 2.75) is 26.4 Å². The molecule has 2 rings (SSSR count). The molecule has 0 radical (unpaired) electrons. The Labute approximate surface area is 94.4 Å². The number of nitrogens with one attached hydrogen (secondary N) is 2. The van der Waals surface area contributed by atoms with Crippen LogP contribution in [0.25, 0.3) is 0 Å². The zero-order valence-corrected chi connectivity index (χ0v) is 9.44. The summed E-state index contributed by atoms with van der Waals surface area (Å²) in [4.78, 5) is 11.5. The average Bonchev–Trinajstić information content (AvgIpc) is 2.68. The average molecular weight is 223 g/mol. The summed E-state index contributed by atoms with van der Waals surface area (Å²) in [6.45, 7) is 5.23. The summed E-state index contributed by atoms with van der Waals surface area (Å²) in [6.07, 6.45) is 2.28. The molecule has 1 saturated heterocycles. The first-order chi connectivity index (χ1) is 7.79. The second-order valence-electron chi connectivity index (χ2n) is 4.04. The summed E-state index contributed by atoms with van der Waals surface area (Å²) in [5, 5.41) is 13.8. The van der Waals surface area contributed by atoms with Crippen LogP contribution in [-0.4, -0.2) is 33.8 Å². The Morgan fingerprint density at radius 2 is 2.50 bits per heavy atom. The number of hydrogen-bond donors (Lipinski definition) is 2. The lowest BCUT2D eigenvalue weighted by atomic mass is 9.99. The highest BCUT2D eigenvalue weighted by Gasteiger charge is 2.19. The maximum absolute atomic E-state index is 11.5. The SMILES string of the molecule is CCn1cnnc1CNC(=O)CC1CNC1. The Morgan fingerprint density at radius 1 is 1.69 bits per heavy atom. The van der Waals surface area contributed by atoms with Crippen molar-refractivity contribution in [1.82, 2.24) is 25.4 Å². The van der Waals surface area contributed by atoms with Gasteiger partial charge in [-0.15, -0.1) is 10.2 Å². The molecule has 1 aromatic rings. The minimum Gasteiger partial charge on any atom is -0.349 e. The van der Waals surface area contributed by atoms with Crippen LogP contribution in [-0.2, 0) is 17.9 Å². The van der Waals surface area contributed by atoms with E-state index in [1.807, 2.05) is 11.5 Å². The molecule has 16 heavy (non-hydrogen) atoms. The molecule has 1 amide bonds. The van der Waals surface area contributed by atoms with Gasteiger partial charge >= 0.3 is 0 Å². The van der Waals surface area contributed by atoms with Crippen molar-refractivity contribution in [3.8, 4) is 0 Å². The lowest BCUT2D eigenvalue weighted by molar-refractivity contribution is -0.122. The molecular formula is C10H17N5O. The summed E-state index contributed by atoms with van der Waals surface area (Å²) in [7, 11) is 0. The Morgan fingerprint density at radius 3 is 3.12 bits per heavy atom. The van der Waals surface area contributed by atoms with Gasteiger partial charge in [-0.1, -0.05) is 0 Å². The number of nitrogens with zero attached hydrogens (tertiary/aromatic N) is 3. The van der Waals surface area contributed by atoms with Crippen LogP contribution in [0, 0.1) is 5.92 Å². The lowest BCUT2D eigenvalue weighted by Gasteiger charge is -2.26. The van der Waals surface area contributed by atoms with Gasteiger partial charge in [0.25, 0.3) is 0 Å². The van der Waals surface area contributed by atoms with E-state index in [0.717, 1.165) is 25.5 Å². The minimum atomic E-state index is 0.0946. The van der Waals surface area contributed by atoms with E-state index in [1.165, 1.54) is 0 Å². The molecule has 0 aliphatic carbocycles. The van der Waals surface area contributed by atoms with Crippen molar-refractivity contribution in [1.29, 1.82) is 0 Å². The van der Waals surface area contributed by atoms with E-state index >= 15 is 0 Å². The van der Waals surface area contributed by atoms with E-state index in [0.29, 0.717) is 18.9 Å². The van der Waals surface area contributed by atoms with Crippen molar-refractivity contribution < 1.29 is 4.79 Å². The summed E-state index contributed by atoms with van der Waals surface area (Å²) < 4.78 is 1.92. The van der Waals surface area contributed by atoms with Gasteiger partial charge in [-0.05, 0) is 25.9 Å². The molecule has 0 atom stereocenters. The quantitative estimate of drug-likeness (QED) is 0.707. The summed E-state index contributed by atoms with van der Waals surface area (Å²) >= 11 is 0. The zero-order chi connectivity index (χ0) is 11.4. The van der Waals surface area contributed by atoms with Crippen LogP contribution in [0.15, 0.2) is 6.33 Å². The normalized spacial score (nSPS) is 15.8. The third kappa shape index (κ3) is 2.57. The number of aryl methyl sites for hydroxylation is 1. The van der Waals surface area contributed by atoms with Crippen LogP contribution in [0.2, 0.25) is 0 Å². The molecule has 0 spiro atoms. The van der Waals surface area contributed by atoms with Crippen LogP contribution in [0.3, 0.4) is 0 Å². The van der Waals surface area contributed by atoms with E-state index in [9.17, 15) is 4.79 Å². The number of amides is 1. The fourth-order valence-corrected chi connectivity index (χ4v) is 1.68. The fourth-order valence-electron chi connectivity index (χ4n) is 1.68. The standard InChI is InChI=1S/C10H17N5O/c1-2-15-7-13-14-9(15)6-12-10(16)3-8-4-11-5-8/h7-8,11H,2-6H2,1H3,(H,12,16). The van der Waals surface area contributed by atoms with E-state index in [1.54, 1.807) is 6.33 Å². The van der Waals surface area contributed by atoms with Gasteiger partial charge in [-0.25, -0.2) is 0 Å². The first-order valence-corrected chi connectivity index (χ1v) is 5.63. The van der Waals surface area contributed by atoms with Crippen LogP contribution in [0.1, 0.15) is 19.2 Å². The highest BCUT2D eigenvalue weighted by molar-refractivity contribution is 5.76. The molecular weight excluding hydrogens is 206 g/mol. The van der Waals surface area contributed by atoms with Crippen LogP contribution in [0.5, 0.6) is 0 Å². The largest absolute Gasteiger partial charge is 0.349 e. The number of carbonyl (C=O) groups excluding carboxylic acids is 1. The second kappa shape index (κ2) is 5.07. The Kier molecular flexibility index (Phi) is 3.51. The highest BCUT2D eigenvalue weighted by Crippen LogP contribution is 2.07. The molecule has 0 bridgehead atoms. The molecule has 1 fully saturated rings.